The molecular formula is C22H17ClN2O2S. The van der Waals surface area contributed by atoms with Crippen LogP contribution in [-0.4, -0.2) is 11.8 Å². The highest BCUT2D eigenvalue weighted by atomic mass is 35.5. The van der Waals surface area contributed by atoms with Gasteiger partial charge in [0.15, 0.2) is 0 Å². The summed E-state index contributed by atoms with van der Waals surface area (Å²) < 4.78 is 0. The fourth-order valence-electron chi connectivity index (χ4n) is 3.34. The number of nitrogens with zero attached hydrogens (tertiary/aromatic N) is 1. The Morgan fingerprint density at radius 2 is 1.68 bits per heavy atom. The molecule has 1 N–H and O–H groups in total. The normalized spacial score (nSPS) is 14.2. The Balaban J connectivity index is 1.81. The Kier molecular flexibility index (Phi) is 4.79. The van der Waals surface area contributed by atoms with Gasteiger partial charge in [-0.25, -0.2) is 4.90 Å². The van der Waals surface area contributed by atoms with Gasteiger partial charge in [0.1, 0.15) is 5.70 Å². The van der Waals surface area contributed by atoms with E-state index in [0.29, 0.717) is 16.3 Å². The van der Waals surface area contributed by atoms with Crippen LogP contribution in [0.15, 0.2) is 65.7 Å². The number of aryl methyl sites for hydroxylation is 2. The number of halogens is 1. The zero-order valence-corrected chi connectivity index (χ0v) is 16.9. The van der Waals surface area contributed by atoms with Gasteiger partial charge in [0.2, 0.25) is 0 Å². The van der Waals surface area contributed by atoms with Crippen molar-refractivity contribution < 1.29 is 9.59 Å². The Morgan fingerprint density at radius 3 is 2.32 bits per heavy atom. The highest BCUT2D eigenvalue weighted by Gasteiger charge is 2.40. The van der Waals surface area contributed by atoms with Crippen molar-refractivity contribution in [2.24, 2.45) is 0 Å². The Hall–Kier alpha value is -2.89. The van der Waals surface area contributed by atoms with E-state index in [1.165, 1.54) is 16.2 Å². The molecule has 0 bridgehead atoms. The van der Waals surface area contributed by atoms with E-state index >= 15 is 0 Å². The highest BCUT2D eigenvalue weighted by Crippen LogP contribution is 2.36. The summed E-state index contributed by atoms with van der Waals surface area (Å²) in [4.78, 5) is 28.4. The number of hydrogen-bond acceptors (Lipinski definition) is 4. The molecule has 2 heterocycles. The first-order chi connectivity index (χ1) is 13.4. The van der Waals surface area contributed by atoms with Crippen molar-refractivity contribution in [3.8, 4) is 0 Å². The first-order valence-electron chi connectivity index (χ1n) is 8.72. The lowest BCUT2D eigenvalue weighted by atomic mass is 10.1. The van der Waals surface area contributed by atoms with E-state index in [1.807, 2.05) is 43.5 Å². The zero-order chi connectivity index (χ0) is 19.8. The summed E-state index contributed by atoms with van der Waals surface area (Å²) in [6.07, 6.45) is 0. The molecule has 28 heavy (non-hydrogen) atoms. The number of carbonyl (C=O) groups is 2. The van der Waals surface area contributed by atoms with Crippen molar-refractivity contribution >= 4 is 51.7 Å². The van der Waals surface area contributed by atoms with Crippen LogP contribution in [0.25, 0.3) is 5.57 Å². The van der Waals surface area contributed by atoms with Crippen LogP contribution in [0.3, 0.4) is 0 Å². The summed E-state index contributed by atoms with van der Waals surface area (Å²) in [5.74, 6) is -0.753. The number of nitrogens with one attached hydrogen (secondary N) is 1. The molecule has 2 aromatic carbocycles. The van der Waals surface area contributed by atoms with Gasteiger partial charge in [0.05, 0.1) is 11.3 Å². The van der Waals surface area contributed by atoms with E-state index in [-0.39, 0.29) is 11.6 Å². The van der Waals surface area contributed by atoms with Gasteiger partial charge in [-0.3, -0.25) is 9.59 Å². The number of benzene rings is 2. The van der Waals surface area contributed by atoms with Gasteiger partial charge in [0.25, 0.3) is 11.8 Å². The molecule has 3 aromatic rings. The molecule has 4 rings (SSSR count). The topological polar surface area (TPSA) is 49.4 Å². The summed E-state index contributed by atoms with van der Waals surface area (Å²) in [5, 5.41) is 5.55. The maximum Gasteiger partial charge on any atom is 0.282 e. The highest BCUT2D eigenvalue weighted by molar-refractivity contribution is 7.11. The third kappa shape index (κ3) is 3.35. The molecule has 1 aromatic heterocycles. The molecular weight excluding hydrogens is 392 g/mol. The van der Waals surface area contributed by atoms with E-state index in [9.17, 15) is 9.59 Å². The average Bonchev–Trinajstić information content (AvgIpc) is 3.21. The Morgan fingerprint density at radius 1 is 0.929 bits per heavy atom. The standard InChI is InChI=1S/C22H17ClN2O2S/c1-13-9-14(2)11-16(10-13)24-20-19(18-7-4-8-28-18)21(26)25(22(20)27)17-6-3-5-15(23)12-17/h3-12,24H,1-2H3. The fraction of sp³-hybridized carbons (Fsp3) is 0.0909. The molecule has 0 aliphatic carbocycles. The molecule has 0 fully saturated rings. The first-order valence-corrected chi connectivity index (χ1v) is 9.97. The molecule has 140 valence electrons. The third-order valence-corrected chi connectivity index (χ3v) is 5.53. The van der Waals surface area contributed by atoms with Crippen LogP contribution in [0.1, 0.15) is 16.0 Å². The lowest BCUT2D eigenvalue weighted by Gasteiger charge is -2.15. The summed E-state index contributed by atoms with van der Waals surface area (Å²) in [5.41, 5.74) is 4.02. The SMILES string of the molecule is Cc1cc(C)cc(NC2=C(c3cccs3)C(=O)N(c3cccc(Cl)c3)C2=O)c1. The van der Waals surface area contributed by atoms with E-state index in [2.05, 4.69) is 11.4 Å². The first kappa shape index (κ1) is 18.5. The van der Waals surface area contributed by atoms with Crippen molar-refractivity contribution in [1.82, 2.24) is 0 Å². The van der Waals surface area contributed by atoms with Crippen molar-refractivity contribution in [2.75, 3.05) is 10.2 Å². The number of thiophene rings is 1. The smallest absolute Gasteiger partial charge is 0.282 e. The van der Waals surface area contributed by atoms with Gasteiger partial charge in [-0.15, -0.1) is 11.3 Å². The Labute approximate surface area is 172 Å². The summed E-state index contributed by atoms with van der Waals surface area (Å²) >= 11 is 7.50. The molecule has 0 saturated carbocycles. The van der Waals surface area contributed by atoms with Gasteiger partial charge < -0.3 is 5.32 Å². The quantitative estimate of drug-likeness (QED) is 0.587. The van der Waals surface area contributed by atoms with Crippen LogP contribution in [0, 0.1) is 13.8 Å². The largest absolute Gasteiger partial charge is 0.350 e. The van der Waals surface area contributed by atoms with Crippen LogP contribution in [-0.2, 0) is 9.59 Å². The molecule has 2 amide bonds. The second kappa shape index (κ2) is 7.26. The molecule has 1 aliphatic rings. The molecule has 0 atom stereocenters. The van der Waals surface area contributed by atoms with Crippen molar-refractivity contribution in [1.29, 1.82) is 0 Å². The lowest BCUT2D eigenvalue weighted by molar-refractivity contribution is -0.120. The van der Waals surface area contributed by atoms with Crippen molar-refractivity contribution in [3.63, 3.8) is 0 Å². The number of anilines is 2. The van der Waals surface area contributed by atoms with Crippen LogP contribution in [0.4, 0.5) is 11.4 Å². The molecule has 1 aliphatic heterocycles. The summed E-state index contributed by atoms with van der Waals surface area (Å²) in [6.45, 7) is 3.99. The van der Waals surface area contributed by atoms with E-state index in [0.717, 1.165) is 21.7 Å². The fourth-order valence-corrected chi connectivity index (χ4v) is 4.29. The molecule has 6 heteroatoms. The van der Waals surface area contributed by atoms with Gasteiger partial charge in [-0.1, -0.05) is 29.8 Å². The predicted molar refractivity (Wildman–Crippen MR) is 115 cm³/mol. The van der Waals surface area contributed by atoms with Gasteiger partial charge in [-0.05, 0) is 66.8 Å². The van der Waals surface area contributed by atoms with Gasteiger partial charge in [-0.2, -0.15) is 0 Å². The minimum atomic E-state index is -0.394. The predicted octanol–water partition coefficient (Wildman–Crippen LogP) is 5.41. The van der Waals surface area contributed by atoms with E-state index in [1.54, 1.807) is 24.3 Å². The minimum Gasteiger partial charge on any atom is -0.350 e. The molecule has 0 spiro atoms. The maximum atomic E-state index is 13.3. The summed E-state index contributed by atoms with van der Waals surface area (Å²) in [7, 11) is 0. The molecule has 4 nitrogen and oxygen atoms in total. The second-order valence-electron chi connectivity index (χ2n) is 6.65. The van der Waals surface area contributed by atoms with Crippen LogP contribution >= 0.6 is 22.9 Å². The van der Waals surface area contributed by atoms with Gasteiger partial charge >= 0.3 is 0 Å². The Bertz CT molecular complexity index is 1100. The lowest BCUT2D eigenvalue weighted by Crippen LogP contribution is -2.32. The number of amides is 2. The maximum absolute atomic E-state index is 13.3. The monoisotopic (exact) mass is 408 g/mol. The number of imide groups is 1. The minimum absolute atomic E-state index is 0.275. The van der Waals surface area contributed by atoms with E-state index < -0.39 is 5.91 Å². The average molecular weight is 409 g/mol. The molecule has 0 unspecified atom stereocenters. The zero-order valence-electron chi connectivity index (χ0n) is 15.3. The number of carbonyl (C=O) groups excluding carboxylic acids is 2. The van der Waals surface area contributed by atoms with Crippen LogP contribution < -0.4 is 10.2 Å². The summed E-state index contributed by atoms with van der Waals surface area (Å²) in [6, 6.07) is 16.4. The number of rotatable bonds is 4. The third-order valence-electron chi connectivity index (χ3n) is 4.41. The van der Waals surface area contributed by atoms with Crippen molar-refractivity contribution in [3.05, 3.63) is 86.7 Å². The molecule has 0 radical (unpaired) electrons. The molecule has 0 saturated heterocycles. The number of hydrogen-bond donors (Lipinski definition) is 1. The second-order valence-corrected chi connectivity index (χ2v) is 8.04. The van der Waals surface area contributed by atoms with Crippen LogP contribution in [0.5, 0.6) is 0 Å². The van der Waals surface area contributed by atoms with Crippen LogP contribution in [0.2, 0.25) is 5.02 Å². The van der Waals surface area contributed by atoms with Crippen molar-refractivity contribution in [2.45, 2.75) is 13.8 Å². The van der Waals surface area contributed by atoms with E-state index in [4.69, 9.17) is 11.6 Å². The van der Waals surface area contributed by atoms with Gasteiger partial charge in [0, 0.05) is 15.6 Å².